The van der Waals surface area contributed by atoms with Gasteiger partial charge in [0.15, 0.2) is 0 Å². The highest BCUT2D eigenvalue weighted by Gasteiger charge is 2.06. The molecule has 0 heterocycles. The fourth-order valence-electron chi connectivity index (χ4n) is 0.571. The van der Waals surface area contributed by atoms with Gasteiger partial charge in [0.1, 0.15) is 0 Å². The van der Waals surface area contributed by atoms with Crippen molar-refractivity contribution >= 4 is 7.54 Å². The van der Waals surface area contributed by atoms with Gasteiger partial charge in [-0.2, -0.15) is 0 Å². The van der Waals surface area contributed by atoms with Gasteiger partial charge in [0.05, 0.1) is 0 Å². The van der Waals surface area contributed by atoms with Gasteiger partial charge in [0, 0.05) is 0 Å². The second kappa shape index (κ2) is 12.5. The van der Waals surface area contributed by atoms with Crippen LogP contribution in [0.1, 0.15) is 32.6 Å². The van der Waals surface area contributed by atoms with Crippen LogP contribution in [0.2, 0.25) is 0 Å². The molecule has 0 spiro atoms. The SMILES string of the molecule is CCCCCCN.FB(F)F. The van der Waals surface area contributed by atoms with Crippen LogP contribution in [0.15, 0.2) is 0 Å². The van der Waals surface area contributed by atoms with E-state index in [1.807, 2.05) is 0 Å². The molecule has 2 N–H and O–H groups in total. The molecule has 0 fully saturated rings. The predicted octanol–water partition coefficient (Wildman–Crippen LogP) is 2.41. The van der Waals surface area contributed by atoms with Gasteiger partial charge in [-0.05, 0) is 13.0 Å². The largest absolute Gasteiger partial charge is 0.762 e. The molecule has 0 saturated carbocycles. The molecule has 0 unspecified atom stereocenters. The monoisotopic (exact) mass is 169 g/mol. The van der Waals surface area contributed by atoms with Crippen molar-refractivity contribution in [3.8, 4) is 0 Å². The van der Waals surface area contributed by atoms with Crippen LogP contribution in [-0.2, 0) is 0 Å². The van der Waals surface area contributed by atoms with Crippen LogP contribution in [0, 0.1) is 0 Å². The average Bonchev–Trinajstić information content (AvgIpc) is 1.88. The van der Waals surface area contributed by atoms with Crippen LogP contribution in [-0.4, -0.2) is 14.1 Å². The van der Waals surface area contributed by atoms with Crippen LogP contribution in [0.4, 0.5) is 12.9 Å². The van der Waals surface area contributed by atoms with E-state index in [1.54, 1.807) is 0 Å². The Labute approximate surface area is 66.4 Å². The summed E-state index contributed by atoms with van der Waals surface area (Å²) < 4.78 is 29.0. The summed E-state index contributed by atoms with van der Waals surface area (Å²) in [6.07, 6.45) is 5.16. The van der Waals surface area contributed by atoms with Crippen LogP contribution in [0.25, 0.3) is 0 Å². The van der Waals surface area contributed by atoms with E-state index in [9.17, 15) is 12.9 Å². The van der Waals surface area contributed by atoms with Gasteiger partial charge in [-0.15, -0.1) is 0 Å². The van der Waals surface area contributed by atoms with Gasteiger partial charge < -0.3 is 5.73 Å². The summed E-state index contributed by atoms with van der Waals surface area (Å²) in [6, 6.07) is 0. The molecule has 0 aromatic heterocycles. The molecule has 1 nitrogen and oxygen atoms in total. The standard InChI is InChI=1S/C6H15N.BF3/c1-2-3-4-5-6-7;2-1(3)4/h2-7H2,1H3;. The Hall–Kier alpha value is -0.185. The molecule has 68 valence electrons. The van der Waals surface area contributed by atoms with Crippen molar-refractivity contribution in [3.05, 3.63) is 0 Å². The smallest absolute Gasteiger partial charge is 0.330 e. The number of halogens is 3. The van der Waals surface area contributed by atoms with E-state index in [-0.39, 0.29) is 0 Å². The summed E-state index contributed by atoms with van der Waals surface area (Å²) in [5, 5.41) is 0. The first-order valence-electron chi connectivity index (χ1n) is 3.77. The highest BCUT2D eigenvalue weighted by molar-refractivity contribution is 6.33. The second-order valence-electron chi connectivity index (χ2n) is 2.10. The van der Waals surface area contributed by atoms with E-state index >= 15 is 0 Å². The van der Waals surface area contributed by atoms with Crippen molar-refractivity contribution in [1.82, 2.24) is 0 Å². The summed E-state index contributed by atoms with van der Waals surface area (Å²) in [4.78, 5) is 0. The molecule has 11 heavy (non-hydrogen) atoms. The maximum Gasteiger partial charge on any atom is 0.762 e. The van der Waals surface area contributed by atoms with Crippen LogP contribution >= 0.6 is 0 Å². The number of rotatable bonds is 4. The summed E-state index contributed by atoms with van der Waals surface area (Å²) >= 11 is 0. The topological polar surface area (TPSA) is 26.0 Å². The van der Waals surface area contributed by atoms with Crippen molar-refractivity contribution in [2.75, 3.05) is 6.54 Å². The third-order valence-electron chi connectivity index (χ3n) is 1.06. The zero-order chi connectivity index (χ0) is 9.11. The normalized spacial score (nSPS) is 8.45. The number of unbranched alkanes of at least 4 members (excludes halogenated alkanes) is 3. The van der Waals surface area contributed by atoms with Gasteiger partial charge >= 0.3 is 7.54 Å². The van der Waals surface area contributed by atoms with Gasteiger partial charge in [0.2, 0.25) is 0 Å². The van der Waals surface area contributed by atoms with E-state index in [2.05, 4.69) is 6.92 Å². The molecular weight excluding hydrogens is 154 g/mol. The lowest BCUT2D eigenvalue weighted by Gasteiger charge is -1.90. The Bertz CT molecular complexity index is 57.0. The third-order valence-corrected chi connectivity index (χ3v) is 1.06. The highest BCUT2D eigenvalue weighted by Crippen LogP contribution is 1.95. The first-order chi connectivity index (χ1) is 5.15. The molecule has 0 saturated heterocycles. The fraction of sp³-hybridized carbons (Fsp3) is 1.00. The van der Waals surface area contributed by atoms with Gasteiger partial charge in [-0.25, -0.2) is 0 Å². The molecule has 0 aliphatic carbocycles. The molecule has 0 aromatic carbocycles. The Morgan fingerprint density at radius 1 is 1.09 bits per heavy atom. The molecule has 0 aromatic rings. The Morgan fingerprint density at radius 3 is 1.82 bits per heavy atom. The first-order valence-corrected chi connectivity index (χ1v) is 3.77. The van der Waals surface area contributed by atoms with E-state index in [0.29, 0.717) is 0 Å². The maximum absolute atomic E-state index is 9.67. The van der Waals surface area contributed by atoms with E-state index < -0.39 is 7.54 Å². The summed E-state index contributed by atoms with van der Waals surface area (Å²) in [7, 11) is -3.67. The number of nitrogens with two attached hydrogens (primary N) is 1. The fourth-order valence-corrected chi connectivity index (χ4v) is 0.571. The van der Waals surface area contributed by atoms with Crippen molar-refractivity contribution in [1.29, 1.82) is 0 Å². The Kier molecular flexibility index (Phi) is 15.2. The molecule has 0 rings (SSSR count). The molecular formula is C6H15BF3N. The zero-order valence-electron chi connectivity index (χ0n) is 6.82. The minimum absolute atomic E-state index is 0.861. The lowest BCUT2D eigenvalue weighted by molar-refractivity contribution is 0.535. The lowest BCUT2D eigenvalue weighted by Crippen LogP contribution is -1.97. The lowest BCUT2D eigenvalue weighted by atomic mass is 10.2. The minimum Gasteiger partial charge on any atom is -0.330 e. The Morgan fingerprint density at radius 2 is 1.55 bits per heavy atom. The summed E-state index contributed by atoms with van der Waals surface area (Å²) in [5.74, 6) is 0. The van der Waals surface area contributed by atoms with Crippen molar-refractivity contribution in [3.63, 3.8) is 0 Å². The molecule has 0 aliphatic rings. The first kappa shape index (κ1) is 13.4. The molecule has 0 bridgehead atoms. The quantitative estimate of drug-likeness (QED) is 0.507. The summed E-state index contributed by atoms with van der Waals surface area (Å²) in [5.41, 5.74) is 5.27. The van der Waals surface area contributed by atoms with Gasteiger partial charge in [-0.3, -0.25) is 12.9 Å². The molecule has 0 radical (unpaired) electrons. The van der Waals surface area contributed by atoms with Crippen LogP contribution in [0.5, 0.6) is 0 Å². The minimum atomic E-state index is -3.67. The van der Waals surface area contributed by atoms with Crippen molar-refractivity contribution in [2.24, 2.45) is 5.73 Å². The zero-order valence-corrected chi connectivity index (χ0v) is 6.82. The Balaban J connectivity index is 0. The third kappa shape index (κ3) is 41.2. The highest BCUT2D eigenvalue weighted by atomic mass is 19.4. The molecule has 0 aliphatic heterocycles. The van der Waals surface area contributed by atoms with E-state index in [0.717, 1.165) is 6.54 Å². The average molecular weight is 169 g/mol. The number of hydrogen-bond donors (Lipinski definition) is 1. The van der Waals surface area contributed by atoms with Crippen LogP contribution < -0.4 is 5.73 Å². The second-order valence-corrected chi connectivity index (χ2v) is 2.10. The van der Waals surface area contributed by atoms with Gasteiger partial charge in [0.25, 0.3) is 0 Å². The van der Waals surface area contributed by atoms with Crippen molar-refractivity contribution in [2.45, 2.75) is 32.6 Å². The molecule has 0 amide bonds. The van der Waals surface area contributed by atoms with E-state index in [1.165, 1.54) is 25.7 Å². The summed E-state index contributed by atoms with van der Waals surface area (Å²) in [6.45, 7) is 3.07. The predicted molar refractivity (Wildman–Crippen MR) is 42.3 cm³/mol. The van der Waals surface area contributed by atoms with E-state index in [4.69, 9.17) is 5.73 Å². The van der Waals surface area contributed by atoms with Crippen molar-refractivity contribution < 1.29 is 12.9 Å². The van der Waals surface area contributed by atoms with Gasteiger partial charge in [-0.1, -0.05) is 26.2 Å². The molecule has 5 heteroatoms. The maximum atomic E-state index is 9.67. The number of hydrogen-bond acceptors (Lipinski definition) is 1. The van der Waals surface area contributed by atoms with Crippen LogP contribution in [0.3, 0.4) is 0 Å². The molecule has 0 atom stereocenters.